The average Bonchev–Trinajstić information content (AvgIpc) is 2.04. The normalized spacial score (nSPS) is 23.8. The lowest BCUT2D eigenvalue weighted by atomic mass is 9.97. The zero-order chi connectivity index (χ0) is 9.14. The van der Waals surface area contributed by atoms with Crippen molar-refractivity contribution in [3.05, 3.63) is 0 Å². The van der Waals surface area contributed by atoms with Gasteiger partial charge in [0.15, 0.2) is 0 Å². The first-order chi connectivity index (χ1) is 5.61. The van der Waals surface area contributed by atoms with Crippen molar-refractivity contribution >= 4 is 11.8 Å². The first-order valence-electron chi connectivity index (χ1n) is 4.16. The first kappa shape index (κ1) is 9.03. The summed E-state index contributed by atoms with van der Waals surface area (Å²) in [7, 11) is 0. The monoisotopic (exact) mass is 170 g/mol. The second kappa shape index (κ2) is 3.56. The van der Waals surface area contributed by atoms with Crippen LogP contribution in [0.15, 0.2) is 0 Å². The maximum Gasteiger partial charge on any atom is 0.222 e. The van der Waals surface area contributed by atoms with Gasteiger partial charge in [-0.05, 0) is 12.8 Å². The Kier molecular flexibility index (Phi) is 2.68. The summed E-state index contributed by atoms with van der Waals surface area (Å²) >= 11 is 0. The number of carbonyl (C=O) groups excluding carboxylic acids is 2. The van der Waals surface area contributed by atoms with Gasteiger partial charge in [-0.1, -0.05) is 0 Å². The van der Waals surface area contributed by atoms with Crippen LogP contribution in [0.4, 0.5) is 0 Å². The second-order valence-corrected chi connectivity index (χ2v) is 3.21. The molecule has 1 heterocycles. The molecule has 0 aliphatic carbocycles. The Labute approximate surface area is 71.7 Å². The van der Waals surface area contributed by atoms with Crippen molar-refractivity contribution in [2.45, 2.75) is 19.8 Å². The van der Waals surface area contributed by atoms with Crippen LogP contribution in [-0.2, 0) is 9.59 Å². The van der Waals surface area contributed by atoms with E-state index in [-0.39, 0.29) is 17.7 Å². The minimum atomic E-state index is -0.291. The molecule has 68 valence electrons. The standard InChI is InChI=1S/C8H14N2O2/c1-6(11)10-4-2-3-7(5-10)8(9)12/h7H,2-5H2,1H3,(H2,9,12)/t7-/m0/s1. The molecule has 1 aliphatic heterocycles. The van der Waals surface area contributed by atoms with Gasteiger partial charge < -0.3 is 10.6 Å². The fraction of sp³-hybridized carbons (Fsp3) is 0.750. The van der Waals surface area contributed by atoms with Gasteiger partial charge in [-0.25, -0.2) is 0 Å². The van der Waals surface area contributed by atoms with Crippen molar-refractivity contribution in [3.8, 4) is 0 Å². The molecule has 0 unspecified atom stereocenters. The van der Waals surface area contributed by atoms with Crippen LogP contribution in [0.3, 0.4) is 0 Å². The summed E-state index contributed by atoms with van der Waals surface area (Å²) in [6, 6.07) is 0. The van der Waals surface area contributed by atoms with Crippen molar-refractivity contribution in [1.29, 1.82) is 0 Å². The SMILES string of the molecule is CC(=O)N1CCC[C@H](C(N)=O)C1. The van der Waals surface area contributed by atoms with E-state index in [0.717, 1.165) is 19.4 Å². The molecular weight excluding hydrogens is 156 g/mol. The Hall–Kier alpha value is -1.06. The summed E-state index contributed by atoms with van der Waals surface area (Å²) in [5.41, 5.74) is 5.15. The predicted molar refractivity (Wildman–Crippen MR) is 44.2 cm³/mol. The number of primary amides is 1. The molecule has 0 aromatic heterocycles. The van der Waals surface area contributed by atoms with E-state index in [4.69, 9.17) is 5.73 Å². The molecule has 1 saturated heterocycles. The Morgan fingerprint density at radius 1 is 1.50 bits per heavy atom. The van der Waals surface area contributed by atoms with Gasteiger partial charge in [0.1, 0.15) is 0 Å². The van der Waals surface area contributed by atoms with Crippen LogP contribution < -0.4 is 5.73 Å². The van der Waals surface area contributed by atoms with Crippen molar-refractivity contribution < 1.29 is 9.59 Å². The number of hydrogen-bond acceptors (Lipinski definition) is 2. The number of nitrogens with two attached hydrogens (primary N) is 1. The van der Waals surface area contributed by atoms with Gasteiger partial charge in [0, 0.05) is 20.0 Å². The lowest BCUT2D eigenvalue weighted by molar-refractivity contribution is -0.132. The Balaban J connectivity index is 2.51. The van der Waals surface area contributed by atoms with Crippen molar-refractivity contribution in [2.75, 3.05) is 13.1 Å². The number of nitrogens with zero attached hydrogens (tertiary/aromatic N) is 1. The van der Waals surface area contributed by atoms with Crippen LogP contribution in [0.5, 0.6) is 0 Å². The van der Waals surface area contributed by atoms with Gasteiger partial charge >= 0.3 is 0 Å². The summed E-state index contributed by atoms with van der Waals surface area (Å²) in [5, 5.41) is 0. The minimum absolute atomic E-state index is 0.0287. The van der Waals surface area contributed by atoms with E-state index >= 15 is 0 Å². The summed E-state index contributed by atoms with van der Waals surface area (Å²) in [4.78, 5) is 23.4. The van der Waals surface area contributed by atoms with E-state index in [1.165, 1.54) is 6.92 Å². The van der Waals surface area contributed by atoms with Crippen LogP contribution in [0, 0.1) is 5.92 Å². The van der Waals surface area contributed by atoms with Crippen molar-refractivity contribution in [1.82, 2.24) is 4.90 Å². The van der Waals surface area contributed by atoms with Gasteiger partial charge in [0.2, 0.25) is 11.8 Å². The number of amides is 2. The fourth-order valence-corrected chi connectivity index (χ4v) is 1.50. The first-order valence-corrected chi connectivity index (χ1v) is 4.16. The van der Waals surface area contributed by atoms with Gasteiger partial charge in [0.05, 0.1) is 5.92 Å². The zero-order valence-electron chi connectivity index (χ0n) is 7.25. The van der Waals surface area contributed by atoms with Crippen LogP contribution >= 0.6 is 0 Å². The quantitative estimate of drug-likeness (QED) is 0.588. The molecule has 1 aliphatic rings. The highest BCUT2D eigenvalue weighted by molar-refractivity contribution is 5.79. The van der Waals surface area contributed by atoms with E-state index < -0.39 is 0 Å². The minimum Gasteiger partial charge on any atom is -0.369 e. The van der Waals surface area contributed by atoms with Crippen molar-refractivity contribution in [2.24, 2.45) is 11.7 Å². The lowest BCUT2D eigenvalue weighted by Gasteiger charge is -2.30. The van der Waals surface area contributed by atoms with E-state index in [0.29, 0.717) is 6.54 Å². The topological polar surface area (TPSA) is 63.4 Å². The van der Waals surface area contributed by atoms with Crippen LogP contribution in [0.1, 0.15) is 19.8 Å². The fourth-order valence-electron chi connectivity index (χ4n) is 1.50. The van der Waals surface area contributed by atoms with Crippen LogP contribution in [-0.4, -0.2) is 29.8 Å². The molecule has 0 saturated carbocycles. The van der Waals surface area contributed by atoms with E-state index in [2.05, 4.69) is 0 Å². The molecule has 0 bridgehead atoms. The molecule has 12 heavy (non-hydrogen) atoms. The molecule has 1 fully saturated rings. The number of rotatable bonds is 1. The molecule has 0 spiro atoms. The number of likely N-dealkylation sites (tertiary alicyclic amines) is 1. The number of hydrogen-bond donors (Lipinski definition) is 1. The molecule has 4 nitrogen and oxygen atoms in total. The largest absolute Gasteiger partial charge is 0.369 e. The molecular formula is C8H14N2O2. The van der Waals surface area contributed by atoms with E-state index in [1.807, 2.05) is 0 Å². The molecule has 1 rings (SSSR count). The molecule has 0 radical (unpaired) electrons. The Morgan fingerprint density at radius 3 is 2.67 bits per heavy atom. The number of carbonyl (C=O) groups is 2. The van der Waals surface area contributed by atoms with Gasteiger partial charge in [-0.3, -0.25) is 9.59 Å². The van der Waals surface area contributed by atoms with Gasteiger partial charge in [0.25, 0.3) is 0 Å². The van der Waals surface area contributed by atoms with E-state index in [9.17, 15) is 9.59 Å². The van der Waals surface area contributed by atoms with Gasteiger partial charge in [-0.15, -0.1) is 0 Å². The molecule has 2 amide bonds. The Morgan fingerprint density at radius 2 is 2.17 bits per heavy atom. The Bertz CT molecular complexity index is 183. The smallest absolute Gasteiger partial charge is 0.222 e. The molecule has 1 atom stereocenters. The third kappa shape index (κ3) is 1.96. The average molecular weight is 170 g/mol. The summed E-state index contributed by atoms with van der Waals surface area (Å²) in [5.74, 6) is -0.399. The van der Waals surface area contributed by atoms with E-state index in [1.54, 1.807) is 4.90 Å². The second-order valence-electron chi connectivity index (χ2n) is 3.21. The van der Waals surface area contributed by atoms with Crippen molar-refractivity contribution in [3.63, 3.8) is 0 Å². The summed E-state index contributed by atoms with van der Waals surface area (Å²) in [6.07, 6.45) is 1.70. The zero-order valence-corrected chi connectivity index (χ0v) is 7.25. The third-order valence-corrected chi connectivity index (χ3v) is 2.27. The summed E-state index contributed by atoms with van der Waals surface area (Å²) < 4.78 is 0. The molecule has 4 heteroatoms. The van der Waals surface area contributed by atoms with Gasteiger partial charge in [-0.2, -0.15) is 0 Å². The molecule has 2 N–H and O–H groups in total. The van der Waals surface area contributed by atoms with Crippen LogP contribution in [0.25, 0.3) is 0 Å². The maximum absolute atomic E-state index is 10.9. The summed E-state index contributed by atoms with van der Waals surface area (Å²) in [6.45, 7) is 2.78. The van der Waals surface area contributed by atoms with Crippen LogP contribution in [0.2, 0.25) is 0 Å². The number of piperidine rings is 1. The molecule has 0 aromatic carbocycles. The molecule has 0 aromatic rings. The predicted octanol–water partition coefficient (Wildman–Crippen LogP) is -0.270. The maximum atomic E-state index is 10.9. The third-order valence-electron chi connectivity index (χ3n) is 2.27. The highest BCUT2D eigenvalue weighted by Gasteiger charge is 2.24. The highest BCUT2D eigenvalue weighted by atomic mass is 16.2. The highest BCUT2D eigenvalue weighted by Crippen LogP contribution is 2.15. The lowest BCUT2D eigenvalue weighted by Crippen LogP contribution is -2.43.